The SMILES string of the molecule is CCCCCCNc1ccc(C(C#N)(C#N)C(C#N)C(=O)O)cc1. The average Bonchev–Trinajstić information content (AvgIpc) is 2.60. The van der Waals surface area contributed by atoms with Gasteiger partial charge in [0.25, 0.3) is 0 Å². The van der Waals surface area contributed by atoms with Gasteiger partial charge in [-0.2, -0.15) is 15.8 Å². The van der Waals surface area contributed by atoms with Gasteiger partial charge in [0.05, 0.1) is 18.2 Å². The van der Waals surface area contributed by atoms with Crippen molar-refractivity contribution in [2.75, 3.05) is 11.9 Å². The van der Waals surface area contributed by atoms with Crippen LogP contribution in [-0.2, 0) is 10.2 Å². The summed E-state index contributed by atoms with van der Waals surface area (Å²) in [6.07, 6.45) is 4.56. The molecule has 0 fully saturated rings. The van der Waals surface area contributed by atoms with Crippen LogP contribution in [0.2, 0.25) is 0 Å². The summed E-state index contributed by atoms with van der Waals surface area (Å²) in [5, 5.41) is 40.2. The molecule has 0 radical (unpaired) electrons. The maximum atomic E-state index is 11.2. The summed E-state index contributed by atoms with van der Waals surface area (Å²) >= 11 is 0. The Morgan fingerprint density at radius 2 is 1.79 bits per heavy atom. The van der Waals surface area contributed by atoms with Crippen LogP contribution in [0, 0.1) is 39.9 Å². The first kappa shape index (κ1) is 19.0. The van der Waals surface area contributed by atoms with Crippen molar-refractivity contribution in [1.82, 2.24) is 0 Å². The first-order valence-electron chi connectivity index (χ1n) is 7.85. The number of unbranched alkanes of at least 4 members (excludes halogenated alkanes) is 3. The predicted octanol–water partition coefficient (Wildman–Crippen LogP) is 3.19. The summed E-state index contributed by atoms with van der Waals surface area (Å²) < 4.78 is 0. The monoisotopic (exact) mass is 324 g/mol. The van der Waals surface area contributed by atoms with E-state index in [2.05, 4.69) is 12.2 Å². The first-order valence-corrected chi connectivity index (χ1v) is 7.85. The highest BCUT2D eigenvalue weighted by Crippen LogP contribution is 2.32. The minimum absolute atomic E-state index is 0.206. The van der Waals surface area contributed by atoms with E-state index in [9.17, 15) is 15.3 Å². The third-order valence-corrected chi connectivity index (χ3v) is 3.86. The van der Waals surface area contributed by atoms with Crippen LogP contribution in [0.4, 0.5) is 5.69 Å². The van der Waals surface area contributed by atoms with Crippen molar-refractivity contribution >= 4 is 11.7 Å². The number of nitrogens with one attached hydrogen (secondary N) is 1. The minimum Gasteiger partial charge on any atom is -0.480 e. The second-order valence-electron chi connectivity index (χ2n) is 5.50. The highest BCUT2D eigenvalue weighted by Gasteiger charge is 2.46. The zero-order valence-corrected chi connectivity index (χ0v) is 13.6. The van der Waals surface area contributed by atoms with Crippen LogP contribution >= 0.6 is 0 Å². The maximum Gasteiger partial charge on any atom is 0.324 e. The third-order valence-electron chi connectivity index (χ3n) is 3.86. The average molecular weight is 324 g/mol. The van der Waals surface area contributed by atoms with Gasteiger partial charge in [-0.3, -0.25) is 4.79 Å². The smallest absolute Gasteiger partial charge is 0.324 e. The fourth-order valence-corrected chi connectivity index (χ4v) is 2.42. The first-order chi connectivity index (χ1) is 11.6. The summed E-state index contributed by atoms with van der Waals surface area (Å²) in [4.78, 5) is 11.2. The van der Waals surface area contributed by atoms with Crippen molar-refractivity contribution in [3.63, 3.8) is 0 Å². The Balaban J connectivity index is 2.93. The Morgan fingerprint density at radius 1 is 1.17 bits per heavy atom. The molecule has 0 saturated carbocycles. The topological polar surface area (TPSA) is 121 Å². The van der Waals surface area contributed by atoms with E-state index in [1.807, 2.05) is 0 Å². The number of carboxylic acids is 1. The van der Waals surface area contributed by atoms with E-state index in [-0.39, 0.29) is 5.56 Å². The summed E-state index contributed by atoms with van der Waals surface area (Å²) in [5.41, 5.74) is -0.998. The number of anilines is 1. The third kappa shape index (κ3) is 4.24. The lowest BCUT2D eigenvalue weighted by atomic mass is 9.73. The molecule has 0 saturated heterocycles. The summed E-state index contributed by atoms with van der Waals surface area (Å²) in [5.74, 6) is -3.24. The molecule has 24 heavy (non-hydrogen) atoms. The molecule has 1 aromatic carbocycles. The van der Waals surface area contributed by atoms with Gasteiger partial charge in [0, 0.05) is 12.2 Å². The molecular formula is C18H20N4O2. The van der Waals surface area contributed by atoms with Gasteiger partial charge in [0.1, 0.15) is 0 Å². The molecule has 0 aliphatic carbocycles. The van der Waals surface area contributed by atoms with Crippen LogP contribution in [0.25, 0.3) is 0 Å². The number of nitriles is 3. The van der Waals surface area contributed by atoms with E-state index < -0.39 is 17.3 Å². The van der Waals surface area contributed by atoms with Crippen molar-refractivity contribution in [1.29, 1.82) is 15.8 Å². The van der Waals surface area contributed by atoms with Gasteiger partial charge in [-0.15, -0.1) is 0 Å². The van der Waals surface area contributed by atoms with Gasteiger partial charge in [0.2, 0.25) is 0 Å². The Kier molecular flexibility index (Phi) is 7.27. The zero-order chi connectivity index (χ0) is 18.0. The van der Waals surface area contributed by atoms with Crippen LogP contribution in [0.3, 0.4) is 0 Å². The van der Waals surface area contributed by atoms with Crippen molar-refractivity contribution < 1.29 is 9.90 Å². The van der Waals surface area contributed by atoms with Gasteiger partial charge < -0.3 is 10.4 Å². The largest absolute Gasteiger partial charge is 0.480 e. The number of carbonyl (C=O) groups is 1. The van der Waals surface area contributed by atoms with Gasteiger partial charge in [-0.25, -0.2) is 0 Å². The van der Waals surface area contributed by atoms with Crippen molar-refractivity contribution in [2.24, 2.45) is 5.92 Å². The number of rotatable bonds is 9. The molecular weight excluding hydrogens is 304 g/mol. The summed E-state index contributed by atoms with van der Waals surface area (Å²) in [6.45, 7) is 2.96. The van der Waals surface area contributed by atoms with Crippen molar-refractivity contribution in [3.05, 3.63) is 29.8 Å². The van der Waals surface area contributed by atoms with Gasteiger partial charge >= 0.3 is 5.97 Å². The minimum atomic E-state index is -2.03. The molecule has 124 valence electrons. The molecule has 1 unspecified atom stereocenters. The van der Waals surface area contributed by atoms with Gasteiger partial charge in [0.15, 0.2) is 11.3 Å². The Bertz CT molecular complexity index is 663. The van der Waals surface area contributed by atoms with E-state index in [4.69, 9.17) is 10.4 Å². The van der Waals surface area contributed by atoms with Gasteiger partial charge in [-0.05, 0) is 24.1 Å². The van der Waals surface area contributed by atoms with E-state index >= 15 is 0 Å². The molecule has 1 aromatic rings. The number of carboxylic acid groups (broad SMARTS) is 1. The van der Waals surface area contributed by atoms with Crippen LogP contribution in [0.5, 0.6) is 0 Å². The van der Waals surface area contributed by atoms with Gasteiger partial charge in [-0.1, -0.05) is 38.3 Å². The maximum absolute atomic E-state index is 11.2. The molecule has 0 spiro atoms. The van der Waals surface area contributed by atoms with E-state index in [0.717, 1.165) is 25.1 Å². The number of hydrogen-bond donors (Lipinski definition) is 2. The normalized spacial score (nSPS) is 11.6. The highest BCUT2D eigenvalue weighted by molar-refractivity contribution is 5.78. The van der Waals surface area contributed by atoms with Crippen LogP contribution in [-0.4, -0.2) is 17.6 Å². The second-order valence-corrected chi connectivity index (χ2v) is 5.50. The number of hydrogen-bond acceptors (Lipinski definition) is 5. The molecule has 1 rings (SSSR count). The number of benzene rings is 1. The van der Waals surface area contributed by atoms with E-state index in [1.54, 1.807) is 30.3 Å². The molecule has 2 N–H and O–H groups in total. The zero-order valence-electron chi connectivity index (χ0n) is 13.6. The summed E-state index contributed by atoms with van der Waals surface area (Å²) in [6, 6.07) is 11.4. The Hall–Kier alpha value is -3.04. The number of nitrogens with zero attached hydrogens (tertiary/aromatic N) is 3. The lowest BCUT2D eigenvalue weighted by Crippen LogP contribution is -2.36. The molecule has 6 heteroatoms. The molecule has 0 aromatic heterocycles. The highest BCUT2D eigenvalue weighted by atomic mass is 16.4. The molecule has 0 aliphatic heterocycles. The summed E-state index contributed by atoms with van der Waals surface area (Å²) in [7, 11) is 0. The molecule has 0 heterocycles. The fraction of sp³-hybridized carbons (Fsp3) is 0.444. The van der Waals surface area contributed by atoms with Crippen molar-refractivity contribution in [2.45, 2.75) is 38.0 Å². The standard InChI is InChI=1S/C18H20N4O2/c1-2-3-4-5-10-22-15-8-6-14(7-9-15)18(12-20,13-21)16(11-19)17(23)24/h6-9,16,22H,2-5,10H2,1H3,(H,23,24). The molecule has 6 nitrogen and oxygen atoms in total. The second kappa shape index (κ2) is 9.18. The molecule has 0 aliphatic rings. The van der Waals surface area contributed by atoms with E-state index in [1.165, 1.54) is 25.0 Å². The van der Waals surface area contributed by atoms with Crippen molar-refractivity contribution in [3.8, 4) is 18.2 Å². The Morgan fingerprint density at radius 3 is 2.25 bits per heavy atom. The lowest BCUT2D eigenvalue weighted by Gasteiger charge is -2.21. The van der Waals surface area contributed by atoms with Crippen LogP contribution in [0.15, 0.2) is 24.3 Å². The predicted molar refractivity (Wildman–Crippen MR) is 88.7 cm³/mol. The van der Waals surface area contributed by atoms with Crippen LogP contribution in [0.1, 0.15) is 38.2 Å². The lowest BCUT2D eigenvalue weighted by molar-refractivity contribution is -0.140. The quantitative estimate of drug-likeness (QED) is 0.673. The van der Waals surface area contributed by atoms with Crippen LogP contribution < -0.4 is 5.32 Å². The molecule has 1 atom stereocenters. The fourth-order valence-electron chi connectivity index (χ4n) is 2.42. The number of aliphatic carboxylic acids is 1. The molecule has 0 amide bonds. The van der Waals surface area contributed by atoms with E-state index in [0.29, 0.717) is 0 Å². The Labute approximate surface area is 141 Å². The molecule has 0 bridgehead atoms.